The van der Waals surface area contributed by atoms with Crippen molar-refractivity contribution in [1.29, 1.82) is 0 Å². The maximum absolute atomic E-state index is 12.6. The molecule has 2 aromatic carbocycles. The van der Waals surface area contributed by atoms with E-state index in [9.17, 15) is 14.4 Å². The van der Waals surface area contributed by atoms with Crippen molar-refractivity contribution in [1.82, 2.24) is 0 Å². The Morgan fingerprint density at radius 3 is 2.71 bits per heavy atom. The summed E-state index contributed by atoms with van der Waals surface area (Å²) in [6, 6.07) is 13.1. The summed E-state index contributed by atoms with van der Waals surface area (Å²) in [4.78, 5) is 40.3. The van der Waals surface area contributed by atoms with Crippen LogP contribution >= 0.6 is 15.9 Å². The SMILES string of the molecule is CC(=O)N1CCc2cc(N3CC(C(=O)Nc4ccccc4Br)CC3=O)ccc21. The molecule has 7 heteroatoms. The van der Waals surface area contributed by atoms with Gasteiger partial charge in [0.25, 0.3) is 0 Å². The first kappa shape index (κ1) is 18.7. The fourth-order valence-corrected chi connectivity index (χ4v) is 4.20. The molecule has 3 amide bonds. The van der Waals surface area contributed by atoms with Gasteiger partial charge in [-0.2, -0.15) is 0 Å². The minimum atomic E-state index is -0.401. The van der Waals surface area contributed by atoms with Gasteiger partial charge in [-0.1, -0.05) is 12.1 Å². The fourth-order valence-electron chi connectivity index (χ4n) is 3.81. The van der Waals surface area contributed by atoms with Crippen molar-refractivity contribution in [3.63, 3.8) is 0 Å². The number of benzene rings is 2. The molecule has 1 saturated heterocycles. The number of carbonyl (C=O) groups excluding carboxylic acids is 3. The topological polar surface area (TPSA) is 69.7 Å². The number of hydrogen-bond donors (Lipinski definition) is 1. The number of fused-ring (bicyclic) bond motifs is 1. The maximum Gasteiger partial charge on any atom is 0.229 e. The lowest BCUT2D eigenvalue weighted by atomic mass is 10.1. The highest BCUT2D eigenvalue weighted by Gasteiger charge is 2.36. The van der Waals surface area contributed by atoms with Crippen LogP contribution in [0.25, 0.3) is 0 Å². The summed E-state index contributed by atoms with van der Waals surface area (Å²) in [5.74, 6) is -0.602. The third-order valence-corrected chi connectivity index (χ3v) is 5.97. The molecule has 4 rings (SSSR count). The highest BCUT2D eigenvalue weighted by molar-refractivity contribution is 9.10. The molecule has 1 N–H and O–H groups in total. The van der Waals surface area contributed by atoms with Crippen LogP contribution in [0.4, 0.5) is 17.1 Å². The first-order chi connectivity index (χ1) is 13.4. The summed E-state index contributed by atoms with van der Waals surface area (Å²) >= 11 is 3.42. The van der Waals surface area contributed by atoms with Gasteiger partial charge in [0.15, 0.2) is 0 Å². The maximum atomic E-state index is 12.6. The standard InChI is InChI=1S/C21H20BrN3O3/c1-13(26)24-9-8-14-10-16(6-7-19(14)24)25-12-15(11-20(25)27)21(28)23-18-5-3-2-4-17(18)22/h2-7,10,15H,8-9,11-12H2,1H3,(H,23,28). The quantitative estimate of drug-likeness (QED) is 0.793. The average Bonchev–Trinajstić information content (AvgIpc) is 3.26. The smallest absolute Gasteiger partial charge is 0.229 e. The van der Waals surface area contributed by atoms with Crippen LogP contribution in [0.2, 0.25) is 0 Å². The van der Waals surface area contributed by atoms with E-state index in [-0.39, 0.29) is 24.1 Å². The zero-order chi connectivity index (χ0) is 19.8. The van der Waals surface area contributed by atoms with E-state index in [0.29, 0.717) is 18.8 Å². The Morgan fingerprint density at radius 2 is 1.96 bits per heavy atom. The summed E-state index contributed by atoms with van der Waals surface area (Å²) < 4.78 is 0.804. The van der Waals surface area contributed by atoms with E-state index in [1.165, 1.54) is 0 Å². The Kier molecular flexibility index (Phi) is 4.93. The van der Waals surface area contributed by atoms with E-state index in [4.69, 9.17) is 0 Å². The largest absolute Gasteiger partial charge is 0.325 e. The molecule has 0 aromatic heterocycles. The molecule has 0 aliphatic carbocycles. The molecule has 2 aliphatic rings. The molecule has 1 atom stereocenters. The summed E-state index contributed by atoms with van der Waals surface area (Å²) in [7, 11) is 0. The molecule has 6 nitrogen and oxygen atoms in total. The van der Waals surface area contributed by atoms with Crippen molar-refractivity contribution in [2.24, 2.45) is 5.92 Å². The first-order valence-corrected chi connectivity index (χ1v) is 10.00. The van der Waals surface area contributed by atoms with Crippen LogP contribution in [-0.2, 0) is 20.8 Å². The molecule has 0 spiro atoms. The van der Waals surface area contributed by atoms with Gasteiger partial charge in [-0.3, -0.25) is 14.4 Å². The van der Waals surface area contributed by atoms with Crippen LogP contribution in [0.15, 0.2) is 46.9 Å². The van der Waals surface area contributed by atoms with E-state index in [1.807, 2.05) is 42.5 Å². The van der Waals surface area contributed by atoms with Gasteiger partial charge >= 0.3 is 0 Å². The van der Waals surface area contributed by atoms with Gasteiger partial charge in [-0.15, -0.1) is 0 Å². The molecular formula is C21H20BrN3O3. The summed E-state index contributed by atoms with van der Waals surface area (Å²) in [6.07, 6.45) is 0.962. The number of carbonyl (C=O) groups is 3. The molecule has 28 heavy (non-hydrogen) atoms. The van der Waals surface area contributed by atoms with Crippen LogP contribution < -0.4 is 15.1 Å². The summed E-state index contributed by atoms with van der Waals surface area (Å²) in [5.41, 5.74) is 3.44. The van der Waals surface area contributed by atoms with E-state index in [1.54, 1.807) is 16.7 Å². The highest BCUT2D eigenvalue weighted by atomic mass is 79.9. The Hall–Kier alpha value is -2.67. The van der Waals surface area contributed by atoms with Crippen LogP contribution in [0.1, 0.15) is 18.9 Å². The predicted octanol–water partition coefficient (Wildman–Crippen LogP) is 3.35. The van der Waals surface area contributed by atoms with Gasteiger partial charge in [-0.05, 0) is 58.2 Å². The zero-order valence-corrected chi connectivity index (χ0v) is 17.0. The Bertz CT molecular complexity index is 975. The number of rotatable bonds is 3. The van der Waals surface area contributed by atoms with Gasteiger partial charge < -0.3 is 15.1 Å². The number of hydrogen-bond acceptors (Lipinski definition) is 3. The van der Waals surface area contributed by atoms with Crippen molar-refractivity contribution >= 4 is 50.7 Å². The average molecular weight is 442 g/mol. The third-order valence-electron chi connectivity index (χ3n) is 5.28. The molecule has 2 aromatic rings. The van der Waals surface area contributed by atoms with Crippen LogP contribution in [0, 0.1) is 5.92 Å². The third kappa shape index (κ3) is 3.42. The second-order valence-corrected chi connectivity index (χ2v) is 7.96. The highest BCUT2D eigenvalue weighted by Crippen LogP contribution is 2.34. The lowest BCUT2D eigenvalue weighted by molar-refractivity contribution is -0.122. The second-order valence-electron chi connectivity index (χ2n) is 7.11. The molecule has 144 valence electrons. The normalized spacial score (nSPS) is 18.4. The lowest BCUT2D eigenvalue weighted by Crippen LogP contribution is -2.28. The Labute approximate surface area is 171 Å². The molecule has 1 unspecified atom stereocenters. The number of para-hydroxylation sites is 1. The number of amides is 3. The molecule has 0 saturated carbocycles. The van der Waals surface area contributed by atoms with E-state index >= 15 is 0 Å². The molecule has 0 radical (unpaired) electrons. The van der Waals surface area contributed by atoms with E-state index < -0.39 is 5.92 Å². The van der Waals surface area contributed by atoms with Gasteiger partial charge in [0.05, 0.1) is 11.6 Å². The zero-order valence-electron chi connectivity index (χ0n) is 15.4. The monoisotopic (exact) mass is 441 g/mol. The van der Waals surface area contributed by atoms with Gasteiger partial charge in [0.1, 0.15) is 0 Å². The van der Waals surface area contributed by atoms with Gasteiger partial charge in [-0.25, -0.2) is 0 Å². The van der Waals surface area contributed by atoms with Crippen LogP contribution in [0.5, 0.6) is 0 Å². The molecule has 2 heterocycles. The van der Waals surface area contributed by atoms with Crippen molar-refractivity contribution in [3.05, 3.63) is 52.5 Å². The van der Waals surface area contributed by atoms with Crippen LogP contribution in [0.3, 0.4) is 0 Å². The number of anilines is 3. The predicted molar refractivity (Wildman–Crippen MR) is 111 cm³/mol. The van der Waals surface area contributed by atoms with Crippen molar-refractivity contribution < 1.29 is 14.4 Å². The second kappa shape index (κ2) is 7.39. The van der Waals surface area contributed by atoms with Gasteiger partial charge in [0.2, 0.25) is 17.7 Å². The van der Waals surface area contributed by atoms with Crippen molar-refractivity contribution in [3.8, 4) is 0 Å². The molecular weight excluding hydrogens is 422 g/mol. The van der Waals surface area contributed by atoms with Crippen LogP contribution in [-0.4, -0.2) is 30.8 Å². The molecule has 0 bridgehead atoms. The van der Waals surface area contributed by atoms with Crippen molar-refractivity contribution in [2.75, 3.05) is 28.2 Å². The Morgan fingerprint density at radius 1 is 1.18 bits per heavy atom. The van der Waals surface area contributed by atoms with E-state index in [2.05, 4.69) is 21.2 Å². The van der Waals surface area contributed by atoms with Gasteiger partial charge in [0, 0.05) is 42.3 Å². The minimum absolute atomic E-state index is 0.0209. The first-order valence-electron chi connectivity index (χ1n) is 9.21. The number of nitrogens with zero attached hydrogens (tertiary/aromatic N) is 2. The fraction of sp³-hybridized carbons (Fsp3) is 0.286. The molecule has 2 aliphatic heterocycles. The Balaban J connectivity index is 1.49. The van der Waals surface area contributed by atoms with Crippen molar-refractivity contribution in [2.45, 2.75) is 19.8 Å². The molecule has 1 fully saturated rings. The number of nitrogens with one attached hydrogen (secondary N) is 1. The summed E-state index contributed by atoms with van der Waals surface area (Å²) in [6.45, 7) is 2.57. The number of halogens is 1. The minimum Gasteiger partial charge on any atom is -0.325 e. The summed E-state index contributed by atoms with van der Waals surface area (Å²) in [5, 5.41) is 2.90. The lowest BCUT2D eigenvalue weighted by Gasteiger charge is -2.19. The van der Waals surface area contributed by atoms with E-state index in [0.717, 1.165) is 27.8 Å².